The Morgan fingerprint density at radius 3 is 2.62 bits per heavy atom. The van der Waals surface area contributed by atoms with Crippen LogP contribution in [-0.2, 0) is 16.1 Å². The van der Waals surface area contributed by atoms with Gasteiger partial charge in [0.25, 0.3) is 0 Å². The Bertz CT molecular complexity index is 484. The van der Waals surface area contributed by atoms with E-state index in [1.165, 1.54) is 13.2 Å². The summed E-state index contributed by atoms with van der Waals surface area (Å²) in [4.78, 5) is 15.7. The van der Waals surface area contributed by atoms with Crippen LogP contribution in [0.2, 0.25) is 5.02 Å². The number of piperazine rings is 1. The summed E-state index contributed by atoms with van der Waals surface area (Å²) in [6.07, 6.45) is 0. The molecule has 0 spiro atoms. The van der Waals surface area contributed by atoms with E-state index >= 15 is 0 Å². The van der Waals surface area contributed by atoms with Gasteiger partial charge in [0.05, 0.1) is 7.11 Å². The quantitative estimate of drug-likeness (QED) is 0.797. The van der Waals surface area contributed by atoms with Crippen molar-refractivity contribution in [3.63, 3.8) is 0 Å². The van der Waals surface area contributed by atoms with E-state index in [-0.39, 0.29) is 17.8 Å². The Labute approximate surface area is 129 Å². The first-order chi connectivity index (χ1) is 10.0. The second-order valence-electron chi connectivity index (χ2n) is 5.21. The lowest BCUT2D eigenvalue weighted by Crippen LogP contribution is -2.51. The van der Waals surface area contributed by atoms with E-state index in [4.69, 9.17) is 16.3 Å². The van der Waals surface area contributed by atoms with Gasteiger partial charge in [-0.2, -0.15) is 0 Å². The summed E-state index contributed by atoms with van der Waals surface area (Å²) in [5.74, 6) is -0.492. The number of hydrogen-bond acceptors (Lipinski definition) is 4. The van der Waals surface area contributed by atoms with Crippen molar-refractivity contribution in [1.29, 1.82) is 0 Å². The van der Waals surface area contributed by atoms with Crippen LogP contribution < -0.4 is 0 Å². The fraction of sp³-hybridized carbons (Fsp3) is 0.533. The summed E-state index contributed by atoms with van der Waals surface area (Å²) < 4.78 is 18.5. The molecular weight excluding hydrogens is 295 g/mol. The highest BCUT2D eigenvalue weighted by atomic mass is 35.5. The number of rotatable bonds is 4. The van der Waals surface area contributed by atoms with Crippen LogP contribution in [0.5, 0.6) is 0 Å². The molecule has 0 aliphatic carbocycles. The van der Waals surface area contributed by atoms with Crippen molar-refractivity contribution < 1.29 is 13.9 Å². The maximum Gasteiger partial charge on any atom is 0.322 e. The highest BCUT2D eigenvalue weighted by molar-refractivity contribution is 6.31. The van der Waals surface area contributed by atoms with E-state index < -0.39 is 0 Å². The van der Waals surface area contributed by atoms with Crippen molar-refractivity contribution in [3.8, 4) is 0 Å². The molecule has 0 N–H and O–H groups in total. The highest BCUT2D eigenvalue weighted by Gasteiger charge is 2.26. The molecule has 0 amide bonds. The van der Waals surface area contributed by atoms with Gasteiger partial charge < -0.3 is 4.74 Å². The number of methoxy groups -OCH3 is 1. The molecule has 1 aliphatic heterocycles. The van der Waals surface area contributed by atoms with Crippen LogP contribution in [0.25, 0.3) is 0 Å². The summed E-state index contributed by atoms with van der Waals surface area (Å²) in [5, 5.41) is 0.459. The van der Waals surface area contributed by atoms with Gasteiger partial charge in [-0.15, -0.1) is 0 Å². The van der Waals surface area contributed by atoms with Gasteiger partial charge in [0.15, 0.2) is 0 Å². The number of carbonyl (C=O) groups excluding carboxylic acids is 1. The lowest BCUT2D eigenvalue weighted by molar-refractivity contribution is -0.147. The van der Waals surface area contributed by atoms with Crippen molar-refractivity contribution in [2.45, 2.75) is 19.5 Å². The fourth-order valence-electron chi connectivity index (χ4n) is 2.54. The SMILES string of the molecule is COC(=O)C(C)N1CCN(Cc2c(F)cccc2Cl)CC1. The Morgan fingerprint density at radius 2 is 2.05 bits per heavy atom. The molecule has 6 heteroatoms. The van der Waals surface area contributed by atoms with Gasteiger partial charge >= 0.3 is 5.97 Å². The van der Waals surface area contributed by atoms with Gasteiger partial charge in [-0.25, -0.2) is 4.39 Å². The Hall–Kier alpha value is -1.17. The van der Waals surface area contributed by atoms with Crippen molar-refractivity contribution in [1.82, 2.24) is 9.80 Å². The molecule has 0 bridgehead atoms. The number of ether oxygens (including phenoxy) is 1. The monoisotopic (exact) mass is 314 g/mol. The molecule has 1 atom stereocenters. The van der Waals surface area contributed by atoms with Gasteiger partial charge in [0, 0.05) is 43.3 Å². The maximum atomic E-state index is 13.8. The molecule has 1 aromatic carbocycles. The smallest absolute Gasteiger partial charge is 0.322 e. The van der Waals surface area contributed by atoms with E-state index in [9.17, 15) is 9.18 Å². The molecule has 1 aromatic rings. The number of halogens is 2. The number of nitrogens with zero attached hydrogens (tertiary/aromatic N) is 2. The molecule has 1 unspecified atom stereocenters. The fourth-order valence-corrected chi connectivity index (χ4v) is 2.76. The van der Waals surface area contributed by atoms with Crippen molar-refractivity contribution in [3.05, 3.63) is 34.6 Å². The Kier molecular flexibility index (Phi) is 5.56. The van der Waals surface area contributed by atoms with Crippen LogP contribution in [0, 0.1) is 5.82 Å². The lowest BCUT2D eigenvalue weighted by atomic mass is 10.1. The molecule has 116 valence electrons. The zero-order chi connectivity index (χ0) is 15.4. The normalized spacial score (nSPS) is 18.5. The van der Waals surface area contributed by atoms with Crippen LogP contribution in [0.4, 0.5) is 4.39 Å². The number of esters is 1. The minimum absolute atomic E-state index is 0.222. The Morgan fingerprint density at radius 1 is 1.38 bits per heavy atom. The summed E-state index contributed by atoms with van der Waals surface area (Å²) in [6.45, 7) is 5.38. The van der Waals surface area contributed by atoms with Gasteiger partial charge in [-0.3, -0.25) is 14.6 Å². The van der Waals surface area contributed by atoms with E-state index in [0.29, 0.717) is 17.1 Å². The van der Waals surface area contributed by atoms with Crippen molar-refractivity contribution in [2.24, 2.45) is 0 Å². The summed E-state index contributed by atoms with van der Waals surface area (Å²) >= 11 is 6.05. The van der Waals surface area contributed by atoms with E-state index in [0.717, 1.165) is 26.2 Å². The minimum Gasteiger partial charge on any atom is -0.468 e. The molecule has 1 heterocycles. The van der Waals surface area contributed by atoms with E-state index in [1.807, 2.05) is 6.92 Å². The molecule has 21 heavy (non-hydrogen) atoms. The van der Waals surface area contributed by atoms with Crippen molar-refractivity contribution in [2.75, 3.05) is 33.3 Å². The zero-order valence-corrected chi connectivity index (χ0v) is 13.1. The third-order valence-electron chi connectivity index (χ3n) is 3.94. The number of hydrogen-bond donors (Lipinski definition) is 0. The van der Waals surface area contributed by atoms with Crippen molar-refractivity contribution >= 4 is 17.6 Å². The van der Waals surface area contributed by atoms with Gasteiger partial charge in [-0.1, -0.05) is 17.7 Å². The molecule has 2 rings (SSSR count). The maximum absolute atomic E-state index is 13.8. The van der Waals surface area contributed by atoms with Gasteiger partial charge in [0.1, 0.15) is 11.9 Å². The molecule has 1 aliphatic rings. The molecule has 0 aromatic heterocycles. The highest BCUT2D eigenvalue weighted by Crippen LogP contribution is 2.21. The summed E-state index contributed by atoms with van der Waals surface area (Å²) in [5.41, 5.74) is 0.536. The standard InChI is InChI=1S/C15H20ClFN2O2/c1-11(15(20)21-2)19-8-6-18(7-9-19)10-12-13(16)4-3-5-14(12)17/h3-5,11H,6-10H2,1-2H3. The number of benzene rings is 1. The summed E-state index contributed by atoms with van der Waals surface area (Å²) in [7, 11) is 1.40. The molecular formula is C15H20ClFN2O2. The molecule has 1 fully saturated rings. The number of carbonyl (C=O) groups is 1. The van der Waals surface area contributed by atoms with Crippen LogP contribution in [-0.4, -0.2) is 55.1 Å². The third-order valence-corrected chi connectivity index (χ3v) is 4.29. The topological polar surface area (TPSA) is 32.8 Å². The average molecular weight is 315 g/mol. The first-order valence-corrected chi connectivity index (χ1v) is 7.38. The zero-order valence-electron chi connectivity index (χ0n) is 12.3. The second-order valence-corrected chi connectivity index (χ2v) is 5.62. The van der Waals surface area contributed by atoms with Gasteiger partial charge in [0.2, 0.25) is 0 Å². The first kappa shape index (κ1) is 16.2. The first-order valence-electron chi connectivity index (χ1n) is 7.00. The van der Waals surface area contributed by atoms with Gasteiger partial charge in [-0.05, 0) is 19.1 Å². The second kappa shape index (κ2) is 7.20. The molecule has 4 nitrogen and oxygen atoms in total. The van der Waals surface area contributed by atoms with Crippen LogP contribution in [0.15, 0.2) is 18.2 Å². The summed E-state index contributed by atoms with van der Waals surface area (Å²) in [6, 6.07) is 4.50. The average Bonchev–Trinajstić information content (AvgIpc) is 2.50. The van der Waals surface area contributed by atoms with Crippen LogP contribution in [0.1, 0.15) is 12.5 Å². The van der Waals surface area contributed by atoms with E-state index in [2.05, 4.69) is 9.80 Å². The minimum atomic E-state index is -0.271. The van der Waals surface area contributed by atoms with Crippen LogP contribution >= 0.6 is 11.6 Å². The predicted octanol–water partition coefficient (Wildman–Crippen LogP) is 2.16. The lowest BCUT2D eigenvalue weighted by Gasteiger charge is -2.37. The predicted molar refractivity (Wildman–Crippen MR) is 79.7 cm³/mol. The molecule has 0 radical (unpaired) electrons. The molecule has 0 saturated carbocycles. The van der Waals surface area contributed by atoms with E-state index in [1.54, 1.807) is 12.1 Å². The Balaban J connectivity index is 1.91. The molecule has 1 saturated heterocycles. The largest absolute Gasteiger partial charge is 0.468 e. The van der Waals surface area contributed by atoms with Crippen LogP contribution in [0.3, 0.4) is 0 Å². The third kappa shape index (κ3) is 3.93.